The van der Waals surface area contributed by atoms with Gasteiger partial charge in [0.15, 0.2) is 0 Å². The Labute approximate surface area is 131 Å². The largest absolute Gasteiger partial charge is 0.338 e. The first kappa shape index (κ1) is 15.0. The van der Waals surface area contributed by atoms with Gasteiger partial charge in [-0.1, -0.05) is 0 Å². The molecule has 3 rings (SSSR count). The second-order valence-electron chi connectivity index (χ2n) is 5.84. The number of unbranched alkanes of at least 4 members (excludes halogenated alkanes) is 1. The molecule has 0 atom stereocenters. The SMILES string of the molecule is Cc1cn(CCCCN2CCN(c3ncccn3)CC2)cn1. The molecule has 0 spiro atoms. The lowest BCUT2D eigenvalue weighted by atomic mass is 10.2. The van der Waals surface area contributed by atoms with Gasteiger partial charge < -0.3 is 9.47 Å². The molecule has 1 fully saturated rings. The van der Waals surface area contributed by atoms with Crippen molar-refractivity contribution in [3.8, 4) is 0 Å². The Morgan fingerprint density at radius 2 is 1.68 bits per heavy atom. The molecule has 0 unspecified atom stereocenters. The fraction of sp³-hybridized carbons (Fsp3) is 0.562. The number of hydrogen-bond acceptors (Lipinski definition) is 5. The average Bonchev–Trinajstić information content (AvgIpc) is 2.98. The molecule has 3 heterocycles. The number of anilines is 1. The van der Waals surface area contributed by atoms with Crippen molar-refractivity contribution in [2.75, 3.05) is 37.6 Å². The van der Waals surface area contributed by atoms with Gasteiger partial charge in [0.2, 0.25) is 5.95 Å². The van der Waals surface area contributed by atoms with Crippen LogP contribution in [0.15, 0.2) is 31.0 Å². The van der Waals surface area contributed by atoms with Crippen molar-refractivity contribution < 1.29 is 0 Å². The highest BCUT2D eigenvalue weighted by Gasteiger charge is 2.17. The Morgan fingerprint density at radius 1 is 0.955 bits per heavy atom. The van der Waals surface area contributed by atoms with Crippen molar-refractivity contribution in [1.29, 1.82) is 0 Å². The third-order valence-electron chi connectivity index (χ3n) is 4.11. The van der Waals surface area contributed by atoms with Crippen molar-refractivity contribution in [2.24, 2.45) is 0 Å². The molecule has 6 nitrogen and oxygen atoms in total. The van der Waals surface area contributed by atoms with Gasteiger partial charge in [0.25, 0.3) is 0 Å². The zero-order valence-corrected chi connectivity index (χ0v) is 13.2. The van der Waals surface area contributed by atoms with Crippen LogP contribution in [-0.4, -0.2) is 57.1 Å². The van der Waals surface area contributed by atoms with E-state index < -0.39 is 0 Å². The van der Waals surface area contributed by atoms with Gasteiger partial charge in [-0.2, -0.15) is 0 Å². The zero-order chi connectivity index (χ0) is 15.2. The molecule has 0 saturated carbocycles. The van der Waals surface area contributed by atoms with E-state index >= 15 is 0 Å². The third-order valence-corrected chi connectivity index (χ3v) is 4.11. The Morgan fingerprint density at radius 3 is 2.36 bits per heavy atom. The Hall–Kier alpha value is -1.95. The molecule has 2 aromatic rings. The molecule has 1 saturated heterocycles. The highest BCUT2D eigenvalue weighted by atomic mass is 15.3. The van der Waals surface area contributed by atoms with Gasteiger partial charge in [-0.05, 0) is 32.4 Å². The van der Waals surface area contributed by atoms with Gasteiger partial charge >= 0.3 is 0 Å². The number of hydrogen-bond donors (Lipinski definition) is 0. The molecular weight excluding hydrogens is 276 g/mol. The Bertz CT molecular complexity index is 559. The number of aromatic nitrogens is 4. The van der Waals surface area contributed by atoms with E-state index in [2.05, 4.69) is 35.5 Å². The van der Waals surface area contributed by atoms with E-state index in [0.29, 0.717) is 0 Å². The smallest absolute Gasteiger partial charge is 0.225 e. The van der Waals surface area contributed by atoms with Gasteiger partial charge in [-0.3, -0.25) is 4.90 Å². The zero-order valence-electron chi connectivity index (χ0n) is 13.2. The fourth-order valence-electron chi connectivity index (χ4n) is 2.85. The molecule has 0 amide bonds. The van der Waals surface area contributed by atoms with Crippen molar-refractivity contribution in [3.63, 3.8) is 0 Å². The molecule has 0 aliphatic carbocycles. The van der Waals surface area contributed by atoms with E-state index in [-0.39, 0.29) is 0 Å². The normalized spacial score (nSPS) is 16.1. The summed E-state index contributed by atoms with van der Waals surface area (Å²) in [5.41, 5.74) is 1.10. The lowest BCUT2D eigenvalue weighted by Crippen LogP contribution is -2.47. The summed E-state index contributed by atoms with van der Waals surface area (Å²) in [6.45, 7) is 8.52. The summed E-state index contributed by atoms with van der Waals surface area (Å²) in [7, 11) is 0. The first-order valence-electron chi connectivity index (χ1n) is 8.04. The van der Waals surface area contributed by atoms with Crippen LogP contribution in [0.2, 0.25) is 0 Å². The first-order valence-corrected chi connectivity index (χ1v) is 8.04. The molecule has 6 heteroatoms. The molecular formula is C16H24N6. The highest BCUT2D eigenvalue weighted by molar-refractivity contribution is 5.29. The second-order valence-corrected chi connectivity index (χ2v) is 5.84. The molecule has 0 N–H and O–H groups in total. The standard InChI is InChI=1S/C16H24N6/c1-15-13-21(14-19-15)8-3-2-7-20-9-11-22(12-10-20)16-17-5-4-6-18-16/h4-6,13-14H,2-3,7-12H2,1H3. The number of imidazole rings is 1. The summed E-state index contributed by atoms with van der Waals surface area (Å²) >= 11 is 0. The molecule has 0 bridgehead atoms. The molecule has 118 valence electrons. The van der Waals surface area contributed by atoms with Crippen LogP contribution >= 0.6 is 0 Å². The van der Waals surface area contributed by atoms with E-state index in [9.17, 15) is 0 Å². The topological polar surface area (TPSA) is 50.1 Å². The van der Waals surface area contributed by atoms with Crippen molar-refractivity contribution in [3.05, 3.63) is 36.7 Å². The number of aryl methyl sites for hydroxylation is 2. The van der Waals surface area contributed by atoms with Crippen LogP contribution in [0.5, 0.6) is 0 Å². The number of nitrogens with zero attached hydrogens (tertiary/aromatic N) is 6. The maximum absolute atomic E-state index is 4.33. The van der Waals surface area contributed by atoms with Crippen molar-refractivity contribution in [2.45, 2.75) is 26.3 Å². The predicted octanol–water partition coefficient (Wildman–Crippen LogP) is 1.58. The van der Waals surface area contributed by atoms with E-state index in [1.54, 1.807) is 0 Å². The van der Waals surface area contributed by atoms with Gasteiger partial charge in [0.1, 0.15) is 0 Å². The summed E-state index contributed by atoms with van der Waals surface area (Å²) in [5.74, 6) is 0.859. The Balaban J connectivity index is 1.34. The van der Waals surface area contributed by atoms with Gasteiger partial charge in [0, 0.05) is 51.3 Å². The molecule has 0 aromatic carbocycles. The summed E-state index contributed by atoms with van der Waals surface area (Å²) < 4.78 is 2.18. The lowest BCUT2D eigenvalue weighted by Gasteiger charge is -2.34. The maximum Gasteiger partial charge on any atom is 0.225 e. The number of rotatable bonds is 6. The summed E-state index contributed by atoms with van der Waals surface area (Å²) in [6.07, 6.45) is 10.1. The summed E-state index contributed by atoms with van der Waals surface area (Å²) in [4.78, 5) is 17.7. The van der Waals surface area contributed by atoms with Crippen molar-refractivity contribution in [1.82, 2.24) is 24.4 Å². The minimum Gasteiger partial charge on any atom is -0.338 e. The van der Waals surface area contributed by atoms with E-state index in [4.69, 9.17) is 0 Å². The van der Waals surface area contributed by atoms with Crippen LogP contribution in [0.3, 0.4) is 0 Å². The average molecular weight is 300 g/mol. The van der Waals surface area contributed by atoms with Gasteiger partial charge in [-0.15, -0.1) is 0 Å². The maximum atomic E-state index is 4.33. The first-order chi connectivity index (χ1) is 10.8. The second kappa shape index (κ2) is 7.35. The third kappa shape index (κ3) is 4.04. The fourth-order valence-corrected chi connectivity index (χ4v) is 2.85. The van der Waals surface area contributed by atoms with Crippen LogP contribution in [0.4, 0.5) is 5.95 Å². The predicted molar refractivity (Wildman–Crippen MR) is 86.9 cm³/mol. The summed E-state index contributed by atoms with van der Waals surface area (Å²) in [6, 6.07) is 1.86. The van der Waals surface area contributed by atoms with E-state index in [0.717, 1.165) is 44.4 Å². The molecule has 2 aromatic heterocycles. The van der Waals surface area contributed by atoms with Gasteiger partial charge in [0.05, 0.1) is 12.0 Å². The summed E-state index contributed by atoms with van der Waals surface area (Å²) in [5, 5.41) is 0. The van der Waals surface area contributed by atoms with Crippen LogP contribution in [-0.2, 0) is 6.54 Å². The van der Waals surface area contributed by atoms with Crippen LogP contribution < -0.4 is 4.90 Å². The van der Waals surface area contributed by atoms with E-state index in [1.165, 1.54) is 19.4 Å². The minimum absolute atomic E-state index is 0.859. The van der Waals surface area contributed by atoms with Crippen LogP contribution in [0, 0.1) is 6.92 Å². The Kier molecular flexibility index (Phi) is 5.00. The molecule has 0 radical (unpaired) electrons. The molecule has 1 aliphatic heterocycles. The lowest BCUT2D eigenvalue weighted by molar-refractivity contribution is 0.250. The number of piperazine rings is 1. The highest BCUT2D eigenvalue weighted by Crippen LogP contribution is 2.10. The van der Waals surface area contributed by atoms with Crippen LogP contribution in [0.25, 0.3) is 0 Å². The van der Waals surface area contributed by atoms with Crippen molar-refractivity contribution >= 4 is 5.95 Å². The van der Waals surface area contributed by atoms with E-state index in [1.807, 2.05) is 31.7 Å². The quantitative estimate of drug-likeness (QED) is 0.758. The molecule has 22 heavy (non-hydrogen) atoms. The molecule has 1 aliphatic rings. The monoisotopic (exact) mass is 300 g/mol. The minimum atomic E-state index is 0.859. The van der Waals surface area contributed by atoms with Gasteiger partial charge in [-0.25, -0.2) is 15.0 Å². The van der Waals surface area contributed by atoms with Crippen LogP contribution in [0.1, 0.15) is 18.5 Å².